The molecule has 3 heteroatoms. The van der Waals surface area contributed by atoms with Crippen LogP contribution in [0.25, 0.3) is 5.57 Å². The predicted octanol–water partition coefficient (Wildman–Crippen LogP) is 5.02. The van der Waals surface area contributed by atoms with Crippen LogP contribution in [0, 0.1) is 13.8 Å². The molecule has 0 radical (unpaired) electrons. The molecule has 0 aromatic heterocycles. The number of carboxylic acid groups (broad SMARTS) is 1. The van der Waals surface area contributed by atoms with Crippen molar-refractivity contribution >= 4 is 11.5 Å². The highest BCUT2D eigenvalue weighted by atomic mass is 16.4. The van der Waals surface area contributed by atoms with Crippen LogP contribution in [0.5, 0.6) is 5.75 Å². The average molecular weight is 338 g/mol. The fourth-order valence-corrected chi connectivity index (χ4v) is 2.85. The second-order valence-electron chi connectivity index (χ2n) is 7.56. The zero-order chi connectivity index (χ0) is 18.8. The minimum absolute atomic E-state index is 0.179. The van der Waals surface area contributed by atoms with E-state index in [1.165, 1.54) is 0 Å². The summed E-state index contributed by atoms with van der Waals surface area (Å²) in [6.07, 6.45) is 2.04. The van der Waals surface area contributed by atoms with E-state index in [-0.39, 0.29) is 16.7 Å². The largest absolute Gasteiger partial charge is 0.507 e. The van der Waals surface area contributed by atoms with Crippen LogP contribution < -0.4 is 0 Å². The molecule has 0 amide bonds. The normalized spacial score (nSPS) is 12.3. The summed E-state index contributed by atoms with van der Waals surface area (Å²) in [5, 5.41) is 20.2. The Hall–Kier alpha value is -2.55. The molecule has 132 valence electrons. The molecule has 0 fully saturated rings. The number of phenolic OH excluding ortho intramolecular Hbond substituents is 1. The molecule has 0 saturated carbocycles. The molecular formula is C22H26O3. The summed E-state index contributed by atoms with van der Waals surface area (Å²) in [6, 6.07) is 11.3. The van der Waals surface area contributed by atoms with Crippen LogP contribution in [0.3, 0.4) is 0 Å². The van der Waals surface area contributed by atoms with E-state index < -0.39 is 5.97 Å². The maximum absolute atomic E-state index is 11.7. The minimum Gasteiger partial charge on any atom is -0.507 e. The molecule has 2 aromatic carbocycles. The number of aryl methyl sites for hydroxylation is 2. The highest BCUT2D eigenvalue weighted by molar-refractivity contribution is 6.15. The first-order valence-corrected chi connectivity index (χ1v) is 8.43. The number of hydrogen-bond donors (Lipinski definition) is 2. The number of rotatable bonds is 4. The first kappa shape index (κ1) is 18.8. The van der Waals surface area contributed by atoms with Gasteiger partial charge < -0.3 is 10.2 Å². The number of allylic oxidation sites excluding steroid dienone is 1. The van der Waals surface area contributed by atoms with Crippen molar-refractivity contribution in [3.8, 4) is 5.75 Å². The van der Waals surface area contributed by atoms with Crippen LogP contribution in [0.2, 0.25) is 0 Å². The monoisotopic (exact) mass is 338 g/mol. The number of hydrogen-bond acceptors (Lipinski definition) is 2. The zero-order valence-corrected chi connectivity index (χ0v) is 15.6. The summed E-state index contributed by atoms with van der Waals surface area (Å²) < 4.78 is 0. The van der Waals surface area contributed by atoms with Crippen molar-refractivity contribution in [2.75, 3.05) is 0 Å². The summed E-state index contributed by atoms with van der Waals surface area (Å²) in [7, 11) is 0. The van der Waals surface area contributed by atoms with Gasteiger partial charge in [-0.3, -0.25) is 0 Å². The molecule has 2 N–H and O–H groups in total. The Morgan fingerprint density at radius 1 is 1.04 bits per heavy atom. The van der Waals surface area contributed by atoms with Crippen molar-refractivity contribution in [2.45, 2.75) is 46.5 Å². The maximum Gasteiger partial charge on any atom is 0.335 e. The van der Waals surface area contributed by atoms with Gasteiger partial charge in [0.2, 0.25) is 0 Å². The molecule has 25 heavy (non-hydrogen) atoms. The molecule has 0 spiro atoms. The van der Waals surface area contributed by atoms with Gasteiger partial charge in [0.05, 0.1) is 5.57 Å². The number of carboxylic acids is 1. The standard InChI is InChI=1S/C22H26O3/c1-14-6-8-16(9-7-14)18(21(24)25)11-10-17-12-15(2)13-19(20(17)23)22(3,4)5/h6-9,11-13,23H,10H2,1-5H3,(H,24,25). The van der Waals surface area contributed by atoms with Gasteiger partial charge >= 0.3 is 5.97 Å². The molecule has 0 unspecified atom stereocenters. The van der Waals surface area contributed by atoms with Gasteiger partial charge in [-0.25, -0.2) is 4.79 Å². The maximum atomic E-state index is 11.7. The molecule has 2 rings (SSSR count). The van der Waals surface area contributed by atoms with Gasteiger partial charge in [-0.05, 0) is 42.4 Å². The lowest BCUT2D eigenvalue weighted by atomic mass is 9.83. The molecular weight excluding hydrogens is 312 g/mol. The summed E-state index contributed by atoms with van der Waals surface area (Å²) in [5.41, 5.74) is 4.50. The van der Waals surface area contributed by atoms with Crippen LogP contribution >= 0.6 is 0 Å². The van der Waals surface area contributed by atoms with Crippen molar-refractivity contribution in [3.63, 3.8) is 0 Å². The molecule has 0 aliphatic carbocycles. The molecule has 3 nitrogen and oxygen atoms in total. The van der Waals surface area contributed by atoms with Crippen molar-refractivity contribution in [3.05, 3.63) is 70.3 Å². The van der Waals surface area contributed by atoms with E-state index in [0.717, 1.165) is 22.3 Å². The third-order valence-electron chi connectivity index (χ3n) is 4.26. The van der Waals surface area contributed by atoms with Crippen molar-refractivity contribution in [1.29, 1.82) is 0 Å². The predicted molar refractivity (Wildman–Crippen MR) is 102 cm³/mol. The lowest BCUT2D eigenvalue weighted by Crippen LogP contribution is -2.12. The number of phenols is 1. The van der Waals surface area contributed by atoms with Crippen LogP contribution in [0.15, 0.2) is 42.5 Å². The molecule has 0 heterocycles. The Labute approximate surface area is 149 Å². The van der Waals surface area contributed by atoms with E-state index in [9.17, 15) is 15.0 Å². The fourth-order valence-electron chi connectivity index (χ4n) is 2.85. The molecule has 0 aliphatic rings. The molecule has 0 saturated heterocycles. The highest BCUT2D eigenvalue weighted by Crippen LogP contribution is 2.35. The lowest BCUT2D eigenvalue weighted by Gasteiger charge is -2.22. The van der Waals surface area contributed by atoms with Gasteiger partial charge in [-0.2, -0.15) is 0 Å². The number of aromatic hydroxyl groups is 1. The minimum atomic E-state index is -0.966. The van der Waals surface area contributed by atoms with Gasteiger partial charge in [0.1, 0.15) is 5.75 Å². The first-order chi connectivity index (χ1) is 11.6. The van der Waals surface area contributed by atoms with E-state index in [2.05, 4.69) is 20.8 Å². The lowest BCUT2D eigenvalue weighted by molar-refractivity contribution is -0.130. The Morgan fingerprint density at radius 3 is 2.16 bits per heavy atom. The number of benzene rings is 2. The second-order valence-corrected chi connectivity index (χ2v) is 7.56. The molecule has 0 atom stereocenters. The van der Waals surface area contributed by atoms with Gasteiger partial charge in [0, 0.05) is 0 Å². The van der Waals surface area contributed by atoms with Crippen molar-refractivity contribution in [2.24, 2.45) is 0 Å². The fraction of sp³-hybridized carbons (Fsp3) is 0.318. The molecule has 0 aliphatic heterocycles. The van der Waals surface area contributed by atoms with Crippen LogP contribution in [0.4, 0.5) is 0 Å². The van der Waals surface area contributed by atoms with E-state index in [1.54, 1.807) is 6.08 Å². The molecule has 0 bridgehead atoms. The summed E-state index contributed by atoms with van der Waals surface area (Å²) in [5.74, 6) is -0.713. The van der Waals surface area contributed by atoms with E-state index >= 15 is 0 Å². The smallest absolute Gasteiger partial charge is 0.335 e. The van der Waals surface area contributed by atoms with E-state index in [4.69, 9.17) is 0 Å². The van der Waals surface area contributed by atoms with Gasteiger partial charge in [0.15, 0.2) is 0 Å². The van der Waals surface area contributed by atoms with Gasteiger partial charge in [0.25, 0.3) is 0 Å². The van der Waals surface area contributed by atoms with Crippen LogP contribution in [0.1, 0.15) is 48.6 Å². The number of aliphatic carboxylic acids is 1. The summed E-state index contributed by atoms with van der Waals surface area (Å²) >= 11 is 0. The highest BCUT2D eigenvalue weighted by Gasteiger charge is 2.20. The summed E-state index contributed by atoms with van der Waals surface area (Å²) in [6.45, 7) is 10.1. The quantitative estimate of drug-likeness (QED) is 0.770. The zero-order valence-electron chi connectivity index (χ0n) is 15.6. The Bertz CT molecular complexity index is 806. The van der Waals surface area contributed by atoms with E-state index in [1.807, 2.05) is 50.2 Å². The van der Waals surface area contributed by atoms with Gasteiger partial charge in [-0.1, -0.05) is 74.4 Å². The Balaban J connectivity index is 2.43. The SMILES string of the molecule is Cc1ccc(C(=CCc2cc(C)cc(C(C)(C)C)c2O)C(=O)O)cc1. The summed E-state index contributed by atoms with van der Waals surface area (Å²) in [4.78, 5) is 11.7. The van der Waals surface area contributed by atoms with Crippen molar-refractivity contribution < 1.29 is 15.0 Å². The van der Waals surface area contributed by atoms with E-state index in [0.29, 0.717) is 12.0 Å². The van der Waals surface area contributed by atoms with Crippen LogP contribution in [-0.2, 0) is 16.6 Å². The second kappa shape index (κ2) is 7.14. The number of carbonyl (C=O) groups is 1. The Kier molecular flexibility index (Phi) is 5.36. The topological polar surface area (TPSA) is 57.5 Å². The first-order valence-electron chi connectivity index (χ1n) is 8.43. The Morgan fingerprint density at radius 2 is 1.64 bits per heavy atom. The third-order valence-corrected chi connectivity index (χ3v) is 4.26. The van der Waals surface area contributed by atoms with Gasteiger partial charge in [-0.15, -0.1) is 0 Å². The third kappa shape index (κ3) is 4.50. The van der Waals surface area contributed by atoms with Crippen molar-refractivity contribution in [1.82, 2.24) is 0 Å². The molecule has 2 aromatic rings. The van der Waals surface area contributed by atoms with Crippen LogP contribution in [-0.4, -0.2) is 16.2 Å². The average Bonchev–Trinajstić information content (AvgIpc) is 2.50.